The average molecular weight is 377 g/mol. The number of amides is 1. The summed E-state index contributed by atoms with van der Waals surface area (Å²) in [4.78, 5) is 14.4. The predicted octanol–water partition coefficient (Wildman–Crippen LogP) is 5.12. The maximum Gasteiger partial charge on any atom is 0.255 e. The topological polar surface area (TPSA) is 41.6 Å². The number of halogens is 2. The summed E-state index contributed by atoms with van der Waals surface area (Å²) in [6, 6.07) is 9.63. The standard InChI is InChI=1S/C20H22ClFN2O2/c1-2-26-19-9-6-14(12-16(19)21)20(25)23-15-7-8-18(17(22)13-15)24-10-4-3-5-11-24/h6-9,12-13H,2-5,10-11H2,1H3,(H,23,25). The van der Waals surface area contributed by atoms with Crippen LogP contribution >= 0.6 is 11.6 Å². The van der Waals surface area contributed by atoms with Gasteiger partial charge in [-0.15, -0.1) is 0 Å². The van der Waals surface area contributed by atoms with E-state index in [1.807, 2.05) is 6.92 Å². The first kappa shape index (κ1) is 18.5. The molecule has 2 aromatic carbocycles. The molecule has 1 saturated heterocycles. The van der Waals surface area contributed by atoms with E-state index in [1.165, 1.54) is 12.5 Å². The highest BCUT2D eigenvalue weighted by Crippen LogP contribution is 2.28. The second-order valence-corrected chi connectivity index (χ2v) is 6.65. The Hall–Kier alpha value is -2.27. The van der Waals surface area contributed by atoms with Gasteiger partial charge in [0.2, 0.25) is 0 Å². The number of carbonyl (C=O) groups is 1. The molecule has 26 heavy (non-hydrogen) atoms. The molecule has 1 fully saturated rings. The monoisotopic (exact) mass is 376 g/mol. The number of piperidine rings is 1. The third-order valence-electron chi connectivity index (χ3n) is 4.40. The Labute approximate surface area is 157 Å². The van der Waals surface area contributed by atoms with E-state index in [9.17, 15) is 9.18 Å². The van der Waals surface area contributed by atoms with Gasteiger partial charge in [-0.3, -0.25) is 4.79 Å². The van der Waals surface area contributed by atoms with E-state index in [4.69, 9.17) is 16.3 Å². The summed E-state index contributed by atoms with van der Waals surface area (Å²) in [7, 11) is 0. The lowest BCUT2D eigenvalue weighted by atomic mass is 10.1. The van der Waals surface area contributed by atoms with Crippen LogP contribution in [-0.2, 0) is 0 Å². The highest BCUT2D eigenvalue weighted by atomic mass is 35.5. The summed E-state index contributed by atoms with van der Waals surface area (Å²) in [6.45, 7) is 4.09. The molecule has 6 heteroatoms. The quantitative estimate of drug-likeness (QED) is 0.787. The van der Waals surface area contributed by atoms with Crippen molar-refractivity contribution in [3.63, 3.8) is 0 Å². The van der Waals surface area contributed by atoms with E-state index in [0.29, 0.717) is 34.3 Å². The van der Waals surface area contributed by atoms with Crippen LogP contribution in [0.1, 0.15) is 36.5 Å². The number of nitrogens with one attached hydrogen (secondary N) is 1. The van der Waals surface area contributed by atoms with Gasteiger partial charge in [0.05, 0.1) is 17.3 Å². The maximum atomic E-state index is 14.5. The molecular formula is C20H22ClFN2O2. The SMILES string of the molecule is CCOc1ccc(C(=O)Nc2ccc(N3CCCCC3)c(F)c2)cc1Cl. The van der Waals surface area contributed by atoms with Gasteiger partial charge in [0.25, 0.3) is 5.91 Å². The predicted molar refractivity (Wildman–Crippen MR) is 103 cm³/mol. The van der Waals surface area contributed by atoms with Crippen molar-refractivity contribution in [3.05, 3.63) is 52.8 Å². The fourth-order valence-corrected chi connectivity index (χ4v) is 3.33. The number of ether oxygens (including phenoxy) is 1. The molecular weight excluding hydrogens is 355 g/mol. The van der Waals surface area contributed by atoms with Gasteiger partial charge in [-0.25, -0.2) is 4.39 Å². The van der Waals surface area contributed by atoms with Crippen LogP contribution in [-0.4, -0.2) is 25.6 Å². The lowest BCUT2D eigenvalue weighted by Crippen LogP contribution is -2.30. The largest absolute Gasteiger partial charge is 0.492 e. The van der Waals surface area contributed by atoms with Crippen molar-refractivity contribution in [1.82, 2.24) is 0 Å². The molecule has 1 aliphatic heterocycles. The molecule has 0 aromatic heterocycles. The first-order valence-electron chi connectivity index (χ1n) is 8.86. The molecule has 4 nitrogen and oxygen atoms in total. The third kappa shape index (κ3) is 4.28. The van der Waals surface area contributed by atoms with Crippen molar-refractivity contribution in [1.29, 1.82) is 0 Å². The summed E-state index contributed by atoms with van der Waals surface area (Å²) in [6.07, 6.45) is 3.35. The van der Waals surface area contributed by atoms with Crippen LogP contribution in [0.25, 0.3) is 0 Å². The lowest BCUT2D eigenvalue weighted by molar-refractivity contribution is 0.102. The summed E-state index contributed by atoms with van der Waals surface area (Å²) in [5, 5.41) is 3.08. The van der Waals surface area contributed by atoms with E-state index in [2.05, 4.69) is 10.2 Å². The zero-order chi connectivity index (χ0) is 18.5. The van der Waals surface area contributed by atoms with Gasteiger partial charge in [0.15, 0.2) is 0 Å². The molecule has 1 amide bonds. The second kappa shape index (κ2) is 8.41. The minimum absolute atomic E-state index is 0.325. The van der Waals surface area contributed by atoms with Gasteiger partial charge in [-0.2, -0.15) is 0 Å². The zero-order valence-corrected chi connectivity index (χ0v) is 15.5. The molecule has 0 aliphatic carbocycles. The van der Waals surface area contributed by atoms with Gasteiger partial charge >= 0.3 is 0 Å². The van der Waals surface area contributed by atoms with Crippen LogP contribution in [0.2, 0.25) is 5.02 Å². The van der Waals surface area contributed by atoms with Crippen molar-refractivity contribution in [2.45, 2.75) is 26.2 Å². The Kier molecular flexibility index (Phi) is 5.99. The zero-order valence-electron chi connectivity index (χ0n) is 14.7. The summed E-state index contributed by atoms with van der Waals surface area (Å²) < 4.78 is 19.8. The van der Waals surface area contributed by atoms with E-state index in [-0.39, 0.29) is 11.7 Å². The molecule has 0 bridgehead atoms. The molecule has 1 aliphatic rings. The van der Waals surface area contributed by atoms with E-state index >= 15 is 0 Å². The molecule has 3 rings (SSSR count). The number of benzene rings is 2. The molecule has 0 saturated carbocycles. The maximum absolute atomic E-state index is 14.5. The van der Waals surface area contributed by atoms with Crippen molar-refractivity contribution >= 4 is 28.9 Å². The van der Waals surface area contributed by atoms with Crippen molar-refractivity contribution < 1.29 is 13.9 Å². The van der Waals surface area contributed by atoms with E-state index in [0.717, 1.165) is 25.9 Å². The second-order valence-electron chi connectivity index (χ2n) is 6.25. The van der Waals surface area contributed by atoms with Crippen molar-refractivity contribution in [2.24, 2.45) is 0 Å². The number of nitrogens with zero attached hydrogens (tertiary/aromatic N) is 1. The number of carbonyl (C=O) groups excluding carboxylic acids is 1. The normalized spacial score (nSPS) is 14.2. The van der Waals surface area contributed by atoms with Gasteiger partial charge in [-0.05, 0) is 62.6 Å². The van der Waals surface area contributed by atoms with E-state index < -0.39 is 0 Å². The molecule has 1 N–H and O–H groups in total. The lowest BCUT2D eigenvalue weighted by Gasteiger charge is -2.29. The molecule has 0 unspecified atom stereocenters. The fourth-order valence-electron chi connectivity index (χ4n) is 3.09. The average Bonchev–Trinajstić information content (AvgIpc) is 2.64. The van der Waals surface area contributed by atoms with Crippen LogP contribution in [0.15, 0.2) is 36.4 Å². The number of anilines is 2. The van der Waals surface area contributed by atoms with Crippen LogP contribution in [0.4, 0.5) is 15.8 Å². The summed E-state index contributed by atoms with van der Waals surface area (Å²) in [5.74, 6) is -0.142. The fraction of sp³-hybridized carbons (Fsp3) is 0.350. The third-order valence-corrected chi connectivity index (χ3v) is 4.69. The Morgan fingerprint density at radius 3 is 2.62 bits per heavy atom. The molecule has 0 spiro atoms. The van der Waals surface area contributed by atoms with Gasteiger partial charge in [0.1, 0.15) is 11.6 Å². The Morgan fingerprint density at radius 2 is 1.96 bits per heavy atom. The molecule has 1 heterocycles. The smallest absolute Gasteiger partial charge is 0.255 e. The highest BCUT2D eigenvalue weighted by molar-refractivity contribution is 6.32. The molecule has 0 radical (unpaired) electrons. The minimum atomic E-state index is -0.347. The van der Waals surface area contributed by atoms with Crippen molar-refractivity contribution in [2.75, 3.05) is 29.9 Å². The molecule has 138 valence electrons. The number of hydrogen-bond acceptors (Lipinski definition) is 3. The Bertz CT molecular complexity index is 791. The van der Waals surface area contributed by atoms with Crippen LogP contribution in [0, 0.1) is 5.82 Å². The number of hydrogen-bond donors (Lipinski definition) is 1. The van der Waals surface area contributed by atoms with Crippen LogP contribution < -0.4 is 15.0 Å². The first-order chi connectivity index (χ1) is 12.6. The Balaban J connectivity index is 1.71. The van der Waals surface area contributed by atoms with Crippen LogP contribution in [0.3, 0.4) is 0 Å². The molecule has 0 atom stereocenters. The van der Waals surface area contributed by atoms with Gasteiger partial charge in [0, 0.05) is 24.3 Å². The van der Waals surface area contributed by atoms with E-state index in [1.54, 1.807) is 30.3 Å². The Morgan fingerprint density at radius 1 is 1.19 bits per heavy atom. The van der Waals surface area contributed by atoms with Crippen molar-refractivity contribution in [3.8, 4) is 5.75 Å². The highest BCUT2D eigenvalue weighted by Gasteiger charge is 2.16. The first-order valence-corrected chi connectivity index (χ1v) is 9.24. The summed E-state index contributed by atoms with van der Waals surface area (Å²) >= 11 is 6.12. The van der Waals surface area contributed by atoms with Gasteiger partial charge in [-0.1, -0.05) is 11.6 Å². The molecule has 2 aromatic rings. The number of rotatable bonds is 5. The van der Waals surface area contributed by atoms with Gasteiger partial charge < -0.3 is 15.0 Å². The van der Waals surface area contributed by atoms with Crippen LogP contribution in [0.5, 0.6) is 5.75 Å². The summed E-state index contributed by atoms with van der Waals surface area (Å²) in [5.41, 5.74) is 1.39. The minimum Gasteiger partial charge on any atom is -0.492 e.